The second-order valence-electron chi connectivity index (χ2n) is 3.33. The molecule has 2 aromatic rings. The Hall–Kier alpha value is -2.36. The van der Waals surface area contributed by atoms with Crippen LogP contribution in [-0.4, -0.2) is 6.09 Å². The lowest BCUT2D eigenvalue weighted by Crippen LogP contribution is -2.16. The van der Waals surface area contributed by atoms with Gasteiger partial charge < -0.3 is 4.74 Å². The van der Waals surface area contributed by atoms with Crippen LogP contribution in [0.2, 0.25) is 0 Å². The third-order valence-electron chi connectivity index (χ3n) is 2.04. The molecule has 2 rings (SSSR count). The third-order valence-corrected chi connectivity index (χ3v) is 2.04. The van der Waals surface area contributed by atoms with Gasteiger partial charge in [0.25, 0.3) is 0 Å². The molecule has 0 saturated carbocycles. The van der Waals surface area contributed by atoms with Crippen LogP contribution in [0.4, 0.5) is 14.9 Å². The monoisotopic (exact) mass is 231 g/mol. The van der Waals surface area contributed by atoms with Crippen molar-refractivity contribution in [2.45, 2.75) is 0 Å². The molecule has 86 valence electrons. The van der Waals surface area contributed by atoms with Crippen LogP contribution in [0.3, 0.4) is 0 Å². The van der Waals surface area contributed by atoms with E-state index in [-0.39, 0.29) is 5.82 Å². The standard InChI is InChI=1S/C13H10FNO2/c14-10-6-8-12(9-7-10)17-13(16)15-11-4-2-1-3-5-11/h1-9H,(H,15,16). The molecule has 0 bridgehead atoms. The van der Waals surface area contributed by atoms with Crippen LogP contribution in [0.5, 0.6) is 5.75 Å². The van der Waals surface area contributed by atoms with E-state index in [2.05, 4.69) is 5.32 Å². The fourth-order valence-corrected chi connectivity index (χ4v) is 1.27. The second-order valence-corrected chi connectivity index (χ2v) is 3.33. The molecule has 4 heteroatoms. The number of rotatable bonds is 2. The molecular formula is C13H10FNO2. The van der Waals surface area contributed by atoms with Crippen LogP contribution >= 0.6 is 0 Å². The normalized spacial score (nSPS) is 9.71. The minimum atomic E-state index is -0.609. The Bertz CT molecular complexity index is 497. The molecule has 0 aliphatic heterocycles. The molecular weight excluding hydrogens is 221 g/mol. The summed E-state index contributed by atoms with van der Waals surface area (Å²) in [6, 6.07) is 14.2. The number of carbonyl (C=O) groups is 1. The van der Waals surface area contributed by atoms with E-state index in [0.29, 0.717) is 11.4 Å². The Balaban J connectivity index is 1.96. The summed E-state index contributed by atoms with van der Waals surface area (Å²) in [5.41, 5.74) is 0.639. The van der Waals surface area contributed by atoms with Crippen LogP contribution in [0, 0.1) is 5.82 Å². The highest BCUT2D eigenvalue weighted by molar-refractivity contribution is 5.86. The number of nitrogens with one attached hydrogen (secondary N) is 1. The first-order chi connectivity index (χ1) is 8.24. The fourth-order valence-electron chi connectivity index (χ4n) is 1.27. The fraction of sp³-hybridized carbons (Fsp3) is 0. The van der Waals surface area contributed by atoms with Gasteiger partial charge in [0.1, 0.15) is 11.6 Å². The Morgan fingerprint density at radius 3 is 2.29 bits per heavy atom. The van der Waals surface area contributed by atoms with Crippen molar-refractivity contribution in [1.29, 1.82) is 0 Å². The number of anilines is 1. The molecule has 0 aliphatic carbocycles. The van der Waals surface area contributed by atoms with Crippen molar-refractivity contribution in [2.75, 3.05) is 5.32 Å². The molecule has 0 fully saturated rings. The molecule has 0 aromatic heterocycles. The number of benzene rings is 2. The van der Waals surface area contributed by atoms with Crippen molar-refractivity contribution >= 4 is 11.8 Å². The number of hydrogen-bond donors (Lipinski definition) is 1. The zero-order valence-electron chi connectivity index (χ0n) is 8.89. The summed E-state index contributed by atoms with van der Waals surface area (Å²) in [5, 5.41) is 2.55. The average Bonchev–Trinajstić information content (AvgIpc) is 2.33. The lowest BCUT2D eigenvalue weighted by molar-refractivity contribution is 0.215. The summed E-state index contributed by atoms with van der Waals surface area (Å²) < 4.78 is 17.6. The van der Waals surface area contributed by atoms with Crippen molar-refractivity contribution in [3.8, 4) is 5.75 Å². The largest absolute Gasteiger partial charge is 0.417 e. The molecule has 0 spiro atoms. The van der Waals surface area contributed by atoms with E-state index in [9.17, 15) is 9.18 Å². The average molecular weight is 231 g/mol. The first-order valence-electron chi connectivity index (χ1n) is 5.03. The van der Waals surface area contributed by atoms with E-state index >= 15 is 0 Å². The predicted octanol–water partition coefficient (Wildman–Crippen LogP) is 3.44. The molecule has 0 atom stereocenters. The summed E-state index contributed by atoms with van der Waals surface area (Å²) in [5.74, 6) is -0.0827. The molecule has 0 unspecified atom stereocenters. The third kappa shape index (κ3) is 3.31. The van der Waals surface area contributed by atoms with Gasteiger partial charge >= 0.3 is 6.09 Å². The molecule has 1 amide bonds. The zero-order chi connectivity index (χ0) is 12.1. The first-order valence-corrected chi connectivity index (χ1v) is 5.03. The highest BCUT2D eigenvalue weighted by atomic mass is 19.1. The van der Waals surface area contributed by atoms with E-state index in [4.69, 9.17) is 4.74 Å². The maximum absolute atomic E-state index is 12.6. The number of hydrogen-bond acceptors (Lipinski definition) is 2. The van der Waals surface area contributed by atoms with Gasteiger partial charge in [0.05, 0.1) is 0 Å². The van der Waals surface area contributed by atoms with Gasteiger partial charge in [0, 0.05) is 5.69 Å². The molecule has 3 nitrogen and oxygen atoms in total. The lowest BCUT2D eigenvalue weighted by Gasteiger charge is -2.06. The maximum atomic E-state index is 12.6. The summed E-state index contributed by atoms with van der Waals surface area (Å²) in [4.78, 5) is 11.4. The van der Waals surface area contributed by atoms with E-state index in [1.807, 2.05) is 6.07 Å². The van der Waals surface area contributed by atoms with Gasteiger partial charge in [-0.15, -0.1) is 0 Å². The van der Waals surface area contributed by atoms with Crippen molar-refractivity contribution in [3.63, 3.8) is 0 Å². The maximum Gasteiger partial charge on any atom is 0.417 e. The topological polar surface area (TPSA) is 38.3 Å². The quantitative estimate of drug-likeness (QED) is 0.859. The molecule has 0 radical (unpaired) electrons. The minimum absolute atomic E-state index is 0.292. The molecule has 0 saturated heterocycles. The number of ether oxygens (including phenoxy) is 1. The molecule has 0 aliphatic rings. The highest BCUT2D eigenvalue weighted by Gasteiger charge is 2.04. The highest BCUT2D eigenvalue weighted by Crippen LogP contribution is 2.12. The lowest BCUT2D eigenvalue weighted by atomic mass is 10.3. The molecule has 0 heterocycles. The van der Waals surface area contributed by atoms with Gasteiger partial charge in [-0.05, 0) is 36.4 Å². The smallest absolute Gasteiger partial charge is 0.410 e. The van der Waals surface area contributed by atoms with Crippen LogP contribution in [0.1, 0.15) is 0 Å². The van der Waals surface area contributed by atoms with Crippen LogP contribution in [-0.2, 0) is 0 Å². The van der Waals surface area contributed by atoms with Crippen LogP contribution < -0.4 is 10.1 Å². The first kappa shape index (κ1) is 11.1. The minimum Gasteiger partial charge on any atom is -0.410 e. The zero-order valence-corrected chi connectivity index (χ0v) is 8.89. The SMILES string of the molecule is O=C(Nc1ccccc1)Oc1ccc(F)cc1. The summed E-state index contributed by atoms with van der Waals surface area (Å²) in [7, 11) is 0. The van der Waals surface area contributed by atoms with E-state index in [0.717, 1.165) is 0 Å². The Labute approximate surface area is 97.8 Å². The van der Waals surface area contributed by atoms with Crippen molar-refractivity contribution < 1.29 is 13.9 Å². The second kappa shape index (κ2) is 5.12. The predicted molar refractivity (Wildman–Crippen MR) is 62.5 cm³/mol. The number of halogens is 1. The Kier molecular flexibility index (Phi) is 3.35. The van der Waals surface area contributed by atoms with Gasteiger partial charge in [-0.3, -0.25) is 5.32 Å². The van der Waals surface area contributed by atoms with Crippen LogP contribution in [0.25, 0.3) is 0 Å². The van der Waals surface area contributed by atoms with Gasteiger partial charge in [-0.2, -0.15) is 0 Å². The number of amides is 1. The van der Waals surface area contributed by atoms with Gasteiger partial charge in [0.2, 0.25) is 0 Å². The summed E-state index contributed by atoms with van der Waals surface area (Å²) in [6.45, 7) is 0. The Morgan fingerprint density at radius 1 is 1.00 bits per heavy atom. The molecule has 17 heavy (non-hydrogen) atoms. The van der Waals surface area contributed by atoms with Gasteiger partial charge in [-0.1, -0.05) is 18.2 Å². The molecule has 1 N–H and O–H groups in total. The van der Waals surface area contributed by atoms with E-state index < -0.39 is 6.09 Å². The summed E-state index contributed by atoms with van der Waals surface area (Å²) in [6.07, 6.45) is -0.609. The Morgan fingerprint density at radius 2 is 1.65 bits per heavy atom. The van der Waals surface area contributed by atoms with Gasteiger partial charge in [0.15, 0.2) is 0 Å². The van der Waals surface area contributed by atoms with Crippen molar-refractivity contribution in [1.82, 2.24) is 0 Å². The van der Waals surface area contributed by atoms with Crippen molar-refractivity contribution in [3.05, 3.63) is 60.4 Å². The number of para-hydroxylation sites is 1. The van der Waals surface area contributed by atoms with Crippen molar-refractivity contribution in [2.24, 2.45) is 0 Å². The van der Waals surface area contributed by atoms with E-state index in [1.54, 1.807) is 24.3 Å². The van der Waals surface area contributed by atoms with Crippen LogP contribution in [0.15, 0.2) is 54.6 Å². The summed E-state index contributed by atoms with van der Waals surface area (Å²) >= 11 is 0. The molecule has 2 aromatic carbocycles. The van der Waals surface area contributed by atoms with E-state index in [1.165, 1.54) is 24.3 Å². The number of carbonyl (C=O) groups excluding carboxylic acids is 1. The van der Waals surface area contributed by atoms with Gasteiger partial charge in [-0.25, -0.2) is 9.18 Å².